The molecule has 31 heavy (non-hydrogen) atoms. The van der Waals surface area contributed by atoms with E-state index in [-0.39, 0.29) is 11.3 Å². The van der Waals surface area contributed by atoms with Crippen molar-refractivity contribution in [2.24, 2.45) is 5.92 Å². The number of rotatable bonds is 3. The largest absolute Gasteiger partial charge is 0.419 e. The van der Waals surface area contributed by atoms with E-state index < -0.39 is 36.0 Å². The van der Waals surface area contributed by atoms with E-state index in [9.17, 15) is 26.3 Å². The number of aromatic nitrogens is 3. The molecular weight excluding hydrogens is 428 g/mol. The first-order chi connectivity index (χ1) is 14.4. The van der Waals surface area contributed by atoms with Gasteiger partial charge in [0, 0.05) is 18.3 Å². The Labute approximate surface area is 174 Å². The van der Waals surface area contributed by atoms with Gasteiger partial charge < -0.3 is 15.5 Å². The summed E-state index contributed by atoms with van der Waals surface area (Å²) in [4.78, 5) is 11.7. The molecule has 3 N–H and O–H groups in total. The van der Waals surface area contributed by atoms with E-state index in [1.165, 1.54) is 19.5 Å². The Morgan fingerprint density at radius 1 is 1.16 bits per heavy atom. The molecule has 172 valence electrons. The van der Waals surface area contributed by atoms with Gasteiger partial charge in [0.05, 0.1) is 36.7 Å². The van der Waals surface area contributed by atoms with Crippen LogP contribution >= 0.6 is 0 Å². The number of nitrogen functional groups attached to an aromatic ring is 1. The minimum absolute atomic E-state index is 0.00718. The maximum atomic E-state index is 12.7. The van der Waals surface area contributed by atoms with Crippen molar-refractivity contribution >= 4 is 5.82 Å². The predicted octanol–water partition coefficient (Wildman–Crippen LogP) is 3.90. The molecule has 2 aliphatic rings. The van der Waals surface area contributed by atoms with Crippen LogP contribution in [0.4, 0.5) is 32.2 Å². The second kappa shape index (κ2) is 9.03. The van der Waals surface area contributed by atoms with E-state index >= 15 is 0 Å². The molecule has 12 heteroatoms. The van der Waals surface area contributed by atoms with Crippen molar-refractivity contribution in [2.45, 2.75) is 38.2 Å². The smallest absolute Gasteiger partial charge is 0.383 e. The lowest BCUT2D eigenvalue weighted by atomic mass is 10.1. The van der Waals surface area contributed by atoms with Crippen LogP contribution in [0, 0.1) is 5.92 Å². The summed E-state index contributed by atoms with van der Waals surface area (Å²) >= 11 is 0. The van der Waals surface area contributed by atoms with Gasteiger partial charge in [-0.05, 0) is 24.9 Å². The molecular formula is C19H23F6N5O. The first-order valence-electron chi connectivity index (χ1n) is 9.68. The zero-order valence-corrected chi connectivity index (χ0v) is 16.7. The second-order valence-corrected chi connectivity index (χ2v) is 7.77. The van der Waals surface area contributed by atoms with Gasteiger partial charge in [-0.15, -0.1) is 0 Å². The number of anilines is 1. The Kier molecular flexibility index (Phi) is 6.79. The number of hydrogen-bond donors (Lipinski definition) is 2. The van der Waals surface area contributed by atoms with E-state index in [1.54, 1.807) is 0 Å². The number of ether oxygens (including phenoxy) is 1. The van der Waals surface area contributed by atoms with Crippen LogP contribution in [0.1, 0.15) is 24.7 Å². The van der Waals surface area contributed by atoms with Crippen molar-refractivity contribution in [3.8, 4) is 11.3 Å². The molecule has 0 bridgehead atoms. The third-order valence-corrected chi connectivity index (χ3v) is 5.12. The molecule has 2 saturated heterocycles. The first-order valence-corrected chi connectivity index (χ1v) is 9.68. The lowest BCUT2D eigenvalue weighted by Crippen LogP contribution is -2.47. The second-order valence-electron chi connectivity index (χ2n) is 7.77. The number of halogens is 6. The number of aromatic amines is 1. The summed E-state index contributed by atoms with van der Waals surface area (Å²) in [5.74, 6) is -0.190. The third kappa shape index (κ3) is 6.33. The maximum absolute atomic E-state index is 12.7. The number of likely N-dealkylation sites (tertiary alicyclic amines) is 1. The maximum Gasteiger partial charge on any atom is 0.419 e. The molecule has 0 aliphatic carbocycles. The Balaban J connectivity index is 0.000000225. The summed E-state index contributed by atoms with van der Waals surface area (Å²) in [6.45, 7) is 6.89. The summed E-state index contributed by atoms with van der Waals surface area (Å²) in [6, 6.07) is 1.47. The zero-order valence-electron chi connectivity index (χ0n) is 16.7. The summed E-state index contributed by atoms with van der Waals surface area (Å²) in [5.41, 5.74) is 3.91. The molecule has 2 fully saturated rings. The molecule has 2 aromatic rings. The minimum Gasteiger partial charge on any atom is -0.383 e. The fraction of sp³-hybridized carbons (Fsp3) is 0.579. The number of nitrogens with zero attached hydrogens (tertiary/aromatic N) is 3. The van der Waals surface area contributed by atoms with E-state index in [2.05, 4.69) is 26.8 Å². The number of pyridine rings is 1. The number of H-pyrrole nitrogens is 1. The van der Waals surface area contributed by atoms with E-state index in [1.807, 2.05) is 0 Å². The SMILES string of the molecule is CC1CCN(C2COC2)C1.Nc1ncc(-c2cnc(CC(F)(F)F)[nH]2)cc1C(F)(F)F. The fourth-order valence-electron chi connectivity index (χ4n) is 3.37. The molecule has 0 aromatic carbocycles. The van der Waals surface area contributed by atoms with Crippen LogP contribution in [0.25, 0.3) is 11.3 Å². The van der Waals surface area contributed by atoms with Gasteiger partial charge in [-0.2, -0.15) is 26.3 Å². The standard InChI is InChI=1S/C11H8F6N4.C8H15NO/c12-10(13,14)2-8-19-4-7(21-8)5-1-6(11(15,16)17)9(18)20-3-5;1-7-2-3-9(4-7)8-5-10-6-8/h1,3-4H,2H2,(H2,18,20)(H,19,21);7-8H,2-6H2,1H3. The van der Waals surface area contributed by atoms with Crippen LogP contribution in [0.5, 0.6) is 0 Å². The number of imidazole rings is 1. The van der Waals surface area contributed by atoms with Crippen molar-refractivity contribution in [3.63, 3.8) is 0 Å². The number of nitrogens with one attached hydrogen (secondary N) is 1. The Bertz CT molecular complexity index is 877. The summed E-state index contributed by atoms with van der Waals surface area (Å²) in [5, 5.41) is 0. The van der Waals surface area contributed by atoms with Crippen LogP contribution in [0.15, 0.2) is 18.5 Å². The van der Waals surface area contributed by atoms with E-state index in [0.717, 1.165) is 37.6 Å². The predicted molar refractivity (Wildman–Crippen MR) is 101 cm³/mol. The van der Waals surface area contributed by atoms with Gasteiger partial charge in [-0.1, -0.05) is 6.92 Å². The van der Waals surface area contributed by atoms with Crippen LogP contribution in [0.2, 0.25) is 0 Å². The summed E-state index contributed by atoms with van der Waals surface area (Å²) in [7, 11) is 0. The summed E-state index contributed by atoms with van der Waals surface area (Å²) < 4.78 is 79.7. The average molecular weight is 451 g/mol. The molecule has 1 atom stereocenters. The van der Waals surface area contributed by atoms with Crippen molar-refractivity contribution < 1.29 is 31.1 Å². The van der Waals surface area contributed by atoms with Gasteiger partial charge in [0.2, 0.25) is 0 Å². The molecule has 6 nitrogen and oxygen atoms in total. The zero-order chi connectivity index (χ0) is 22.8. The monoisotopic (exact) mass is 451 g/mol. The quantitative estimate of drug-likeness (QED) is 0.692. The number of hydrogen-bond acceptors (Lipinski definition) is 5. The van der Waals surface area contributed by atoms with Gasteiger partial charge in [0.1, 0.15) is 18.1 Å². The molecule has 0 radical (unpaired) electrons. The van der Waals surface area contributed by atoms with Crippen molar-refractivity contribution in [1.29, 1.82) is 0 Å². The van der Waals surface area contributed by atoms with E-state index in [4.69, 9.17) is 10.5 Å². The molecule has 2 aliphatic heterocycles. The average Bonchev–Trinajstić information content (AvgIpc) is 3.21. The highest BCUT2D eigenvalue weighted by Crippen LogP contribution is 2.34. The van der Waals surface area contributed by atoms with Crippen molar-refractivity contribution in [3.05, 3.63) is 29.8 Å². The van der Waals surface area contributed by atoms with Gasteiger partial charge in [0.25, 0.3) is 0 Å². The third-order valence-electron chi connectivity index (χ3n) is 5.12. The fourth-order valence-corrected chi connectivity index (χ4v) is 3.37. The van der Waals surface area contributed by atoms with Crippen LogP contribution in [-0.4, -0.2) is 58.4 Å². The molecule has 1 unspecified atom stereocenters. The minimum atomic E-state index is -4.71. The van der Waals surface area contributed by atoms with Gasteiger partial charge in [-0.3, -0.25) is 4.90 Å². The van der Waals surface area contributed by atoms with E-state index in [0.29, 0.717) is 6.07 Å². The van der Waals surface area contributed by atoms with Crippen LogP contribution in [-0.2, 0) is 17.3 Å². The lowest BCUT2D eigenvalue weighted by Gasteiger charge is -2.34. The van der Waals surface area contributed by atoms with Gasteiger partial charge in [-0.25, -0.2) is 9.97 Å². The van der Waals surface area contributed by atoms with Crippen LogP contribution in [0.3, 0.4) is 0 Å². The molecule has 0 spiro atoms. The normalized spacial score (nSPS) is 20.3. The molecule has 0 saturated carbocycles. The molecule has 4 heterocycles. The highest BCUT2D eigenvalue weighted by Gasteiger charge is 2.34. The van der Waals surface area contributed by atoms with Crippen molar-refractivity contribution in [1.82, 2.24) is 19.9 Å². The Morgan fingerprint density at radius 2 is 1.87 bits per heavy atom. The number of alkyl halides is 6. The molecule has 4 rings (SSSR count). The lowest BCUT2D eigenvalue weighted by molar-refractivity contribution is -0.137. The number of nitrogens with two attached hydrogens (primary N) is 1. The van der Waals surface area contributed by atoms with Gasteiger partial charge >= 0.3 is 12.4 Å². The highest BCUT2D eigenvalue weighted by atomic mass is 19.4. The Hall–Kier alpha value is -2.34. The summed E-state index contributed by atoms with van der Waals surface area (Å²) in [6.07, 6.45) is -7.06. The first kappa shape index (κ1) is 23.3. The van der Waals surface area contributed by atoms with Gasteiger partial charge in [0.15, 0.2) is 0 Å². The Morgan fingerprint density at radius 3 is 2.39 bits per heavy atom. The molecule has 2 aromatic heterocycles. The topological polar surface area (TPSA) is 80.1 Å². The molecule has 0 amide bonds. The van der Waals surface area contributed by atoms with Crippen LogP contribution < -0.4 is 5.73 Å². The highest BCUT2D eigenvalue weighted by molar-refractivity contribution is 5.61. The van der Waals surface area contributed by atoms with Crippen molar-refractivity contribution in [2.75, 3.05) is 32.0 Å².